The third-order valence-corrected chi connectivity index (χ3v) is 2.74. The molecule has 2 rings (SSSR count). The molecule has 1 aromatic rings. The highest BCUT2D eigenvalue weighted by molar-refractivity contribution is 5.89. The Labute approximate surface area is 109 Å². The van der Waals surface area contributed by atoms with Crippen molar-refractivity contribution in [3.8, 4) is 0 Å². The zero-order valence-corrected chi connectivity index (χ0v) is 10.2. The first-order chi connectivity index (χ1) is 9.16. The zero-order chi connectivity index (χ0) is 13.7. The summed E-state index contributed by atoms with van der Waals surface area (Å²) in [6.07, 6.45) is 5.11. The Morgan fingerprint density at radius 3 is 2.74 bits per heavy atom. The number of non-ortho nitro benzene ring substituents is 1. The van der Waals surface area contributed by atoms with Crippen molar-refractivity contribution in [1.29, 1.82) is 0 Å². The summed E-state index contributed by atoms with van der Waals surface area (Å²) in [5.41, 5.74) is 0.231. The fourth-order valence-electron chi connectivity index (χ4n) is 1.68. The van der Waals surface area contributed by atoms with Gasteiger partial charge >= 0.3 is 5.97 Å². The van der Waals surface area contributed by atoms with Crippen molar-refractivity contribution in [2.75, 3.05) is 6.61 Å². The van der Waals surface area contributed by atoms with Crippen LogP contribution in [0.4, 0.5) is 5.69 Å². The van der Waals surface area contributed by atoms with Gasteiger partial charge in [0.2, 0.25) is 0 Å². The molecule has 0 spiro atoms. The molecule has 1 aromatic carbocycles. The van der Waals surface area contributed by atoms with Crippen LogP contribution in [0.1, 0.15) is 23.2 Å². The molecule has 0 fully saturated rings. The van der Waals surface area contributed by atoms with Crippen molar-refractivity contribution in [3.05, 3.63) is 52.3 Å². The van der Waals surface area contributed by atoms with E-state index in [0.717, 1.165) is 12.8 Å². The van der Waals surface area contributed by atoms with Crippen molar-refractivity contribution in [1.82, 2.24) is 0 Å². The van der Waals surface area contributed by atoms with Gasteiger partial charge in [-0.25, -0.2) is 4.79 Å². The minimum Gasteiger partial charge on any atom is -0.495 e. The number of carbonyl (C=O) groups is 1. The quantitative estimate of drug-likeness (QED) is 0.473. The second-order valence-corrected chi connectivity index (χ2v) is 4.11. The van der Waals surface area contributed by atoms with E-state index in [1.807, 2.05) is 6.08 Å². The summed E-state index contributed by atoms with van der Waals surface area (Å²) in [7, 11) is 0. The number of nitrogens with zero attached hydrogens (tertiary/aromatic N) is 1. The molecule has 6 heteroatoms. The summed E-state index contributed by atoms with van der Waals surface area (Å²) in [4.78, 5) is 21.7. The second kappa shape index (κ2) is 5.99. The number of nitro groups is 1. The number of benzene rings is 1. The maximum Gasteiger partial charge on any atom is 0.338 e. The van der Waals surface area contributed by atoms with Crippen LogP contribution in [-0.4, -0.2) is 23.6 Å². The molecule has 19 heavy (non-hydrogen) atoms. The van der Waals surface area contributed by atoms with E-state index in [-0.39, 0.29) is 24.0 Å². The highest BCUT2D eigenvalue weighted by Gasteiger charge is 2.15. The van der Waals surface area contributed by atoms with E-state index in [1.54, 1.807) is 6.26 Å². The molecule has 100 valence electrons. The predicted octanol–water partition coefficient (Wildman–Crippen LogP) is 2.44. The van der Waals surface area contributed by atoms with Crippen molar-refractivity contribution in [2.24, 2.45) is 0 Å². The summed E-state index contributed by atoms with van der Waals surface area (Å²) in [6.45, 7) is 0.181. The van der Waals surface area contributed by atoms with Crippen LogP contribution in [0.15, 0.2) is 36.6 Å². The van der Waals surface area contributed by atoms with Crippen LogP contribution in [0.2, 0.25) is 0 Å². The van der Waals surface area contributed by atoms with E-state index in [4.69, 9.17) is 9.47 Å². The Bertz CT molecular complexity index is 494. The van der Waals surface area contributed by atoms with Gasteiger partial charge in [0.25, 0.3) is 5.69 Å². The number of hydrogen-bond acceptors (Lipinski definition) is 5. The van der Waals surface area contributed by atoms with Gasteiger partial charge in [-0.1, -0.05) is 0 Å². The molecular weight excluding hydrogens is 250 g/mol. The van der Waals surface area contributed by atoms with Crippen LogP contribution in [0.3, 0.4) is 0 Å². The van der Waals surface area contributed by atoms with Crippen LogP contribution in [0, 0.1) is 10.1 Å². The molecule has 1 unspecified atom stereocenters. The first kappa shape index (κ1) is 13.1. The summed E-state index contributed by atoms with van der Waals surface area (Å²) >= 11 is 0. The number of ether oxygens (including phenoxy) is 2. The van der Waals surface area contributed by atoms with Gasteiger partial charge in [0.1, 0.15) is 12.7 Å². The molecule has 0 aromatic heterocycles. The van der Waals surface area contributed by atoms with E-state index < -0.39 is 10.9 Å². The van der Waals surface area contributed by atoms with E-state index in [2.05, 4.69) is 0 Å². The fraction of sp³-hybridized carbons (Fsp3) is 0.308. The van der Waals surface area contributed by atoms with Crippen molar-refractivity contribution < 1.29 is 19.2 Å². The van der Waals surface area contributed by atoms with Crippen LogP contribution < -0.4 is 0 Å². The number of nitro benzene ring substituents is 1. The first-order valence-electron chi connectivity index (χ1n) is 5.89. The molecule has 1 heterocycles. The normalized spacial score (nSPS) is 17.6. The third-order valence-electron chi connectivity index (χ3n) is 2.74. The summed E-state index contributed by atoms with van der Waals surface area (Å²) in [5.74, 6) is -0.506. The van der Waals surface area contributed by atoms with E-state index >= 15 is 0 Å². The molecule has 0 saturated heterocycles. The van der Waals surface area contributed by atoms with E-state index in [0.29, 0.717) is 0 Å². The maximum absolute atomic E-state index is 11.7. The minimum atomic E-state index is -0.517. The van der Waals surface area contributed by atoms with E-state index in [1.165, 1.54) is 24.3 Å². The Morgan fingerprint density at radius 2 is 2.16 bits per heavy atom. The molecule has 1 aliphatic rings. The predicted molar refractivity (Wildman–Crippen MR) is 66.6 cm³/mol. The standard InChI is InChI=1S/C13H13NO5/c15-13(19-9-12-3-1-2-8-18-12)10-4-6-11(7-5-10)14(16)17/h2,4-8,12H,1,3,9H2. The monoisotopic (exact) mass is 263 g/mol. The molecule has 1 aliphatic heterocycles. The molecule has 1 atom stereocenters. The third kappa shape index (κ3) is 3.54. The minimum absolute atomic E-state index is 0.0581. The second-order valence-electron chi connectivity index (χ2n) is 4.11. The van der Waals surface area contributed by atoms with Gasteiger partial charge in [0.05, 0.1) is 16.7 Å². The molecule has 0 radical (unpaired) electrons. The maximum atomic E-state index is 11.7. The van der Waals surface area contributed by atoms with Gasteiger partial charge in [0, 0.05) is 12.1 Å². The average molecular weight is 263 g/mol. The lowest BCUT2D eigenvalue weighted by atomic mass is 10.2. The first-order valence-corrected chi connectivity index (χ1v) is 5.89. The Kier molecular flexibility index (Phi) is 4.12. The SMILES string of the molecule is O=C(OCC1CCC=CO1)c1ccc([N+](=O)[O-])cc1. The molecule has 0 amide bonds. The van der Waals surface area contributed by atoms with Gasteiger partial charge in [-0.15, -0.1) is 0 Å². The highest BCUT2D eigenvalue weighted by Crippen LogP contribution is 2.14. The van der Waals surface area contributed by atoms with Gasteiger partial charge in [0.15, 0.2) is 0 Å². The number of allylic oxidation sites excluding steroid dienone is 1. The van der Waals surface area contributed by atoms with Gasteiger partial charge in [-0.05, 0) is 31.1 Å². The van der Waals surface area contributed by atoms with Gasteiger partial charge < -0.3 is 9.47 Å². The molecular formula is C13H13NO5. The lowest BCUT2D eigenvalue weighted by Gasteiger charge is -2.18. The van der Waals surface area contributed by atoms with Gasteiger partial charge in [-0.2, -0.15) is 0 Å². The van der Waals surface area contributed by atoms with Crippen molar-refractivity contribution in [2.45, 2.75) is 18.9 Å². The number of esters is 1. The largest absolute Gasteiger partial charge is 0.495 e. The Balaban J connectivity index is 1.88. The topological polar surface area (TPSA) is 78.7 Å². The van der Waals surface area contributed by atoms with Crippen molar-refractivity contribution in [3.63, 3.8) is 0 Å². The van der Waals surface area contributed by atoms with Gasteiger partial charge in [-0.3, -0.25) is 10.1 Å². The summed E-state index contributed by atoms with van der Waals surface area (Å²) < 4.78 is 10.4. The lowest BCUT2D eigenvalue weighted by molar-refractivity contribution is -0.384. The molecule has 0 saturated carbocycles. The van der Waals surface area contributed by atoms with Crippen molar-refractivity contribution >= 4 is 11.7 Å². The van der Waals surface area contributed by atoms with Crippen LogP contribution >= 0.6 is 0 Å². The van der Waals surface area contributed by atoms with Crippen LogP contribution in [0.5, 0.6) is 0 Å². The Hall–Kier alpha value is -2.37. The average Bonchev–Trinajstić information content (AvgIpc) is 2.46. The number of hydrogen-bond donors (Lipinski definition) is 0. The lowest BCUT2D eigenvalue weighted by Crippen LogP contribution is -2.22. The van der Waals surface area contributed by atoms with E-state index in [9.17, 15) is 14.9 Å². The summed E-state index contributed by atoms with van der Waals surface area (Å²) in [6, 6.07) is 5.30. The van der Waals surface area contributed by atoms with Crippen LogP contribution in [0.25, 0.3) is 0 Å². The Morgan fingerprint density at radius 1 is 1.42 bits per heavy atom. The summed E-state index contributed by atoms with van der Waals surface area (Å²) in [5, 5.41) is 10.5. The number of carbonyl (C=O) groups excluding carboxylic acids is 1. The highest BCUT2D eigenvalue weighted by atomic mass is 16.6. The molecule has 0 N–H and O–H groups in total. The molecule has 6 nitrogen and oxygen atoms in total. The molecule has 0 aliphatic carbocycles. The van der Waals surface area contributed by atoms with Crippen LogP contribution in [-0.2, 0) is 9.47 Å². The fourth-order valence-corrected chi connectivity index (χ4v) is 1.68. The molecule has 0 bridgehead atoms. The zero-order valence-electron chi connectivity index (χ0n) is 10.2. The number of rotatable bonds is 4. The smallest absolute Gasteiger partial charge is 0.338 e.